The molecule has 1 aromatic carbocycles. The number of amides is 2. The lowest BCUT2D eigenvalue weighted by Gasteiger charge is -2.19. The summed E-state index contributed by atoms with van der Waals surface area (Å²) in [5.74, 6) is -0.335. The smallest absolute Gasteiger partial charge is 0.268 e. The van der Waals surface area contributed by atoms with Crippen molar-refractivity contribution in [1.82, 2.24) is 4.90 Å². The van der Waals surface area contributed by atoms with Crippen LogP contribution < -0.4 is 0 Å². The predicted octanol–water partition coefficient (Wildman–Crippen LogP) is 3.93. The molecule has 2 amide bonds. The average Bonchev–Trinajstić information content (AvgIpc) is 2.64. The summed E-state index contributed by atoms with van der Waals surface area (Å²) in [5, 5.41) is 0.250. The lowest BCUT2D eigenvalue weighted by atomic mass is 10.0. The normalized spacial score (nSPS) is 15.7. The summed E-state index contributed by atoms with van der Waals surface area (Å²) in [6.45, 7) is 11.9. The maximum atomic E-state index is 12.8. The highest BCUT2D eigenvalue weighted by Crippen LogP contribution is 2.38. The molecule has 0 fully saturated rings. The second kappa shape index (κ2) is 6.29. The molecule has 1 aliphatic heterocycles. The SMILES string of the molecule is Cc1ccc(C2=C(SC(C)C)C(=O)N(C(C)C)C2=O)cc1C. The Morgan fingerprint density at radius 2 is 1.59 bits per heavy atom. The zero-order chi connectivity index (χ0) is 16.6. The predicted molar refractivity (Wildman–Crippen MR) is 92.6 cm³/mol. The minimum absolute atomic E-state index is 0.133. The number of benzene rings is 1. The lowest BCUT2D eigenvalue weighted by Crippen LogP contribution is -2.37. The maximum absolute atomic E-state index is 12.8. The Kier molecular flexibility index (Phi) is 4.81. The standard InChI is InChI=1S/C18H23NO2S/c1-10(2)19-17(20)15(16(18(19)21)22-11(3)4)14-8-7-12(5)13(6)9-14/h7-11H,1-6H3. The topological polar surface area (TPSA) is 37.4 Å². The van der Waals surface area contributed by atoms with Crippen molar-refractivity contribution in [2.45, 2.75) is 52.8 Å². The van der Waals surface area contributed by atoms with Crippen LogP contribution in [0, 0.1) is 13.8 Å². The van der Waals surface area contributed by atoms with E-state index in [4.69, 9.17) is 0 Å². The number of carbonyl (C=O) groups excluding carboxylic acids is 2. The maximum Gasteiger partial charge on any atom is 0.268 e. The van der Waals surface area contributed by atoms with E-state index in [1.54, 1.807) is 0 Å². The van der Waals surface area contributed by atoms with Crippen LogP contribution in [-0.4, -0.2) is 28.0 Å². The fourth-order valence-corrected chi connectivity index (χ4v) is 3.49. The molecule has 0 spiro atoms. The first-order valence-corrected chi connectivity index (χ1v) is 8.48. The van der Waals surface area contributed by atoms with E-state index in [9.17, 15) is 9.59 Å². The summed E-state index contributed by atoms with van der Waals surface area (Å²) < 4.78 is 0. The van der Waals surface area contributed by atoms with Crippen molar-refractivity contribution in [2.75, 3.05) is 0 Å². The molecule has 0 saturated heterocycles. The molecule has 0 atom stereocenters. The fraction of sp³-hybridized carbons (Fsp3) is 0.444. The van der Waals surface area contributed by atoms with Crippen LogP contribution in [0.15, 0.2) is 23.1 Å². The molecular formula is C18H23NO2S. The van der Waals surface area contributed by atoms with E-state index in [0.29, 0.717) is 10.5 Å². The van der Waals surface area contributed by atoms with Gasteiger partial charge < -0.3 is 0 Å². The van der Waals surface area contributed by atoms with Gasteiger partial charge in [-0.05, 0) is 44.4 Å². The van der Waals surface area contributed by atoms with Gasteiger partial charge in [-0.25, -0.2) is 0 Å². The van der Waals surface area contributed by atoms with E-state index in [0.717, 1.165) is 11.1 Å². The van der Waals surface area contributed by atoms with E-state index in [-0.39, 0.29) is 23.1 Å². The third-order valence-corrected chi connectivity index (χ3v) is 4.82. The van der Waals surface area contributed by atoms with Crippen molar-refractivity contribution in [2.24, 2.45) is 0 Å². The van der Waals surface area contributed by atoms with Crippen molar-refractivity contribution in [3.05, 3.63) is 39.8 Å². The minimum Gasteiger partial charge on any atom is -0.271 e. The van der Waals surface area contributed by atoms with Gasteiger partial charge in [-0.1, -0.05) is 32.0 Å². The van der Waals surface area contributed by atoms with Gasteiger partial charge in [0.2, 0.25) is 0 Å². The third-order valence-electron chi connectivity index (χ3n) is 3.74. The molecule has 0 radical (unpaired) electrons. The molecule has 0 unspecified atom stereocenters. The van der Waals surface area contributed by atoms with Crippen molar-refractivity contribution in [3.63, 3.8) is 0 Å². The molecule has 118 valence electrons. The molecular weight excluding hydrogens is 294 g/mol. The molecule has 0 saturated carbocycles. The van der Waals surface area contributed by atoms with Crippen molar-refractivity contribution in [3.8, 4) is 0 Å². The monoisotopic (exact) mass is 317 g/mol. The molecule has 3 nitrogen and oxygen atoms in total. The number of carbonyl (C=O) groups is 2. The average molecular weight is 317 g/mol. The highest BCUT2D eigenvalue weighted by atomic mass is 32.2. The molecule has 0 N–H and O–H groups in total. The van der Waals surface area contributed by atoms with Crippen LogP contribution in [-0.2, 0) is 9.59 Å². The molecule has 1 heterocycles. The van der Waals surface area contributed by atoms with Gasteiger partial charge in [0.15, 0.2) is 0 Å². The summed E-state index contributed by atoms with van der Waals surface area (Å²) in [6.07, 6.45) is 0. The van der Waals surface area contributed by atoms with Gasteiger partial charge in [0.05, 0.1) is 10.5 Å². The van der Waals surface area contributed by atoms with Gasteiger partial charge in [-0.15, -0.1) is 11.8 Å². The van der Waals surface area contributed by atoms with Crippen LogP contribution in [0.25, 0.3) is 5.57 Å². The molecule has 4 heteroatoms. The molecule has 0 aliphatic carbocycles. The van der Waals surface area contributed by atoms with Crippen LogP contribution in [0.2, 0.25) is 0 Å². The van der Waals surface area contributed by atoms with Crippen molar-refractivity contribution >= 4 is 29.1 Å². The third kappa shape index (κ3) is 2.98. The highest BCUT2D eigenvalue weighted by molar-refractivity contribution is 8.04. The van der Waals surface area contributed by atoms with Crippen LogP contribution in [0.4, 0.5) is 0 Å². The number of hydrogen-bond donors (Lipinski definition) is 0. The molecule has 0 bridgehead atoms. The number of imide groups is 1. The first kappa shape index (κ1) is 16.8. The van der Waals surface area contributed by atoms with Gasteiger partial charge in [0.25, 0.3) is 11.8 Å². The summed E-state index contributed by atoms with van der Waals surface area (Å²) in [5.41, 5.74) is 3.70. The van der Waals surface area contributed by atoms with Crippen LogP contribution >= 0.6 is 11.8 Å². The van der Waals surface area contributed by atoms with Crippen molar-refractivity contribution < 1.29 is 9.59 Å². The summed E-state index contributed by atoms with van der Waals surface area (Å²) in [7, 11) is 0. The fourth-order valence-electron chi connectivity index (χ4n) is 2.49. The first-order valence-electron chi connectivity index (χ1n) is 7.60. The zero-order valence-corrected chi connectivity index (χ0v) is 14.9. The van der Waals surface area contributed by atoms with Gasteiger partial charge in [0, 0.05) is 11.3 Å². The Bertz CT molecular complexity index is 659. The van der Waals surface area contributed by atoms with Gasteiger partial charge in [0.1, 0.15) is 0 Å². The van der Waals surface area contributed by atoms with E-state index < -0.39 is 0 Å². The van der Waals surface area contributed by atoms with Crippen LogP contribution in [0.5, 0.6) is 0 Å². The molecule has 0 aromatic heterocycles. The van der Waals surface area contributed by atoms with E-state index in [1.165, 1.54) is 22.2 Å². The van der Waals surface area contributed by atoms with Gasteiger partial charge in [-0.3, -0.25) is 14.5 Å². The summed E-state index contributed by atoms with van der Waals surface area (Å²) >= 11 is 1.48. The Morgan fingerprint density at radius 3 is 2.09 bits per heavy atom. The highest BCUT2D eigenvalue weighted by Gasteiger charge is 2.40. The van der Waals surface area contributed by atoms with Gasteiger partial charge in [-0.2, -0.15) is 0 Å². The van der Waals surface area contributed by atoms with Crippen molar-refractivity contribution in [1.29, 1.82) is 0 Å². The number of rotatable bonds is 4. The summed E-state index contributed by atoms with van der Waals surface area (Å²) in [4.78, 5) is 27.4. The second-order valence-electron chi connectivity index (χ2n) is 6.24. The summed E-state index contributed by atoms with van der Waals surface area (Å²) in [6, 6.07) is 5.81. The van der Waals surface area contributed by atoms with E-state index in [1.807, 2.05) is 59.7 Å². The number of aryl methyl sites for hydroxylation is 2. The molecule has 2 rings (SSSR count). The van der Waals surface area contributed by atoms with Crippen LogP contribution in [0.3, 0.4) is 0 Å². The van der Waals surface area contributed by atoms with Gasteiger partial charge >= 0.3 is 0 Å². The number of nitrogens with zero attached hydrogens (tertiary/aromatic N) is 1. The first-order chi connectivity index (χ1) is 10.2. The lowest BCUT2D eigenvalue weighted by molar-refractivity contribution is -0.138. The Hall–Kier alpha value is -1.55. The van der Waals surface area contributed by atoms with E-state index >= 15 is 0 Å². The minimum atomic E-state index is -0.175. The second-order valence-corrected chi connectivity index (χ2v) is 7.83. The quantitative estimate of drug-likeness (QED) is 0.790. The van der Waals surface area contributed by atoms with E-state index in [2.05, 4.69) is 0 Å². The Labute approximate surface area is 136 Å². The molecule has 1 aromatic rings. The zero-order valence-electron chi connectivity index (χ0n) is 14.1. The largest absolute Gasteiger partial charge is 0.271 e. The Balaban J connectivity index is 2.59. The van der Waals surface area contributed by atoms with Crippen LogP contribution in [0.1, 0.15) is 44.4 Å². The number of thioether (sulfide) groups is 1. The molecule has 22 heavy (non-hydrogen) atoms. The Morgan fingerprint density at radius 1 is 0.955 bits per heavy atom. The molecule has 1 aliphatic rings. The number of hydrogen-bond acceptors (Lipinski definition) is 3.